The highest BCUT2D eigenvalue weighted by molar-refractivity contribution is 5.97. The van der Waals surface area contributed by atoms with Crippen molar-refractivity contribution in [3.8, 4) is 11.1 Å². The van der Waals surface area contributed by atoms with Crippen molar-refractivity contribution in [1.29, 1.82) is 0 Å². The molecule has 0 fully saturated rings. The Kier molecular flexibility index (Phi) is 12.5. The first kappa shape index (κ1) is 50.3. The van der Waals surface area contributed by atoms with Crippen LogP contribution >= 0.6 is 0 Å². The summed E-state index contributed by atoms with van der Waals surface area (Å²) in [5, 5.41) is 0. The van der Waals surface area contributed by atoms with Gasteiger partial charge in [0.05, 0.1) is 33.6 Å². The van der Waals surface area contributed by atoms with Crippen molar-refractivity contribution in [3.05, 3.63) is 307 Å². The molecular weight excluding hydrogens is 953 g/mol. The van der Waals surface area contributed by atoms with Crippen molar-refractivity contribution in [3.63, 3.8) is 0 Å². The number of unbranched alkanes of at least 4 members (excludes halogenated alkanes) is 2. The molecule has 0 radical (unpaired) electrons. The maximum Gasteiger partial charge on any atom is 0.0742 e. The zero-order valence-corrected chi connectivity index (χ0v) is 47.4. The molecule has 0 amide bonds. The van der Waals surface area contributed by atoms with Gasteiger partial charge in [-0.3, -0.25) is 0 Å². The van der Waals surface area contributed by atoms with E-state index in [9.17, 15) is 0 Å². The lowest BCUT2D eigenvalue weighted by molar-refractivity contribution is 0.656. The van der Waals surface area contributed by atoms with Gasteiger partial charge in [-0.05, 0) is 192 Å². The molecule has 0 N–H and O–H groups in total. The van der Waals surface area contributed by atoms with Crippen LogP contribution in [0.2, 0.25) is 0 Å². The van der Waals surface area contributed by atoms with E-state index in [2.05, 4.69) is 284 Å². The summed E-state index contributed by atoms with van der Waals surface area (Å²) in [5.74, 6) is 0. The van der Waals surface area contributed by atoms with Crippen LogP contribution in [-0.4, -0.2) is 0 Å². The van der Waals surface area contributed by atoms with Crippen LogP contribution in [0.15, 0.2) is 218 Å². The molecule has 10 aromatic rings. The lowest BCUT2D eigenvalue weighted by Crippen LogP contribution is -2.38. The number of fused-ring (bicyclic) bond motifs is 7. The Morgan fingerprint density at radius 3 is 0.949 bits per heavy atom. The highest BCUT2D eigenvalue weighted by Gasteiger charge is 2.51. The average Bonchev–Trinajstić information content (AvgIpc) is 3.24. The van der Waals surface area contributed by atoms with Gasteiger partial charge in [-0.25, -0.2) is 0 Å². The second kappa shape index (κ2) is 19.6. The number of benzene rings is 10. The SMILES string of the molecule is CCCCc1ccc(N2c3ccccc3C(c3ccc(C)cc3)(c3ccc(C)cc3)c3cc4c(cc32)C(C)(C)c2cc3c(cc2-4)C(c2ccc(C)cc2)(c2ccc(C)cc2)c2ccccc2N3c2ccc(CCCC)cc2)cc1. The van der Waals surface area contributed by atoms with Gasteiger partial charge in [-0.2, -0.15) is 0 Å². The van der Waals surface area contributed by atoms with Crippen LogP contribution in [-0.2, 0) is 29.1 Å². The van der Waals surface area contributed by atoms with Gasteiger partial charge < -0.3 is 9.80 Å². The van der Waals surface area contributed by atoms with Gasteiger partial charge in [-0.1, -0.05) is 221 Å². The fourth-order valence-electron chi connectivity index (χ4n) is 14.0. The third kappa shape index (κ3) is 7.88. The molecule has 2 aliphatic heterocycles. The summed E-state index contributed by atoms with van der Waals surface area (Å²) in [7, 11) is 0. The molecule has 3 aliphatic rings. The maximum absolute atomic E-state index is 2.64. The Morgan fingerprint density at radius 2 is 0.633 bits per heavy atom. The summed E-state index contributed by atoms with van der Waals surface area (Å²) in [4.78, 5) is 5.17. The highest BCUT2D eigenvalue weighted by Crippen LogP contribution is 2.64. The molecule has 0 saturated heterocycles. The predicted molar refractivity (Wildman–Crippen MR) is 333 cm³/mol. The van der Waals surface area contributed by atoms with Crippen LogP contribution in [0, 0.1) is 27.7 Å². The number of hydrogen-bond acceptors (Lipinski definition) is 2. The minimum Gasteiger partial charge on any atom is -0.310 e. The summed E-state index contributed by atoms with van der Waals surface area (Å²) in [5.41, 5.74) is 28.7. The fourth-order valence-corrected chi connectivity index (χ4v) is 14.0. The fraction of sp³-hybridized carbons (Fsp3) is 0.221. The number of rotatable bonds is 12. The predicted octanol–water partition coefficient (Wildman–Crippen LogP) is 20.2. The van der Waals surface area contributed by atoms with Gasteiger partial charge in [0, 0.05) is 16.8 Å². The largest absolute Gasteiger partial charge is 0.310 e. The first-order valence-electron chi connectivity index (χ1n) is 29.1. The molecule has 79 heavy (non-hydrogen) atoms. The monoisotopic (exact) mass is 1020 g/mol. The topological polar surface area (TPSA) is 6.48 Å². The van der Waals surface area contributed by atoms with Gasteiger partial charge in [0.15, 0.2) is 0 Å². The lowest BCUT2D eigenvalue weighted by atomic mass is 9.61. The highest BCUT2D eigenvalue weighted by atomic mass is 15.2. The van der Waals surface area contributed by atoms with E-state index in [0.29, 0.717) is 0 Å². The van der Waals surface area contributed by atoms with E-state index in [0.717, 1.165) is 12.8 Å². The zero-order valence-electron chi connectivity index (χ0n) is 47.4. The molecule has 13 rings (SSSR count). The molecule has 0 aromatic heterocycles. The van der Waals surface area contributed by atoms with E-state index in [1.807, 2.05) is 0 Å². The van der Waals surface area contributed by atoms with E-state index in [-0.39, 0.29) is 5.41 Å². The molecule has 390 valence electrons. The third-order valence-corrected chi connectivity index (χ3v) is 18.3. The molecule has 10 aromatic carbocycles. The Labute approximate surface area is 470 Å². The van der Waals surface area contributed by atoms with Gasteiger partial charge in [0.25, 0.3) is 0 Å². The van der Waals surface area contributed by atoms with Crippen LogP contribution in [0.1, 0.15) is 142 Å². The van der Waals surface area contributed by atoms with Crippen molar-refractivity contribution < 1.29 is 0 Å². The van der Waals surface area contributed by atoms with Crippen LogP contribution in [0.3, 0.4) is 0 Å². The number of anilines is 6. The summed E-state index contributed by atoms with van der Waals surface area (Å²) >= 11 is 0. The maximum atomic E-state index is 2.64. The summed E-state index contributed by atoms with van der Waals surface area (Å²) in [6.07, 6.45) is 6.89. The smallest absolute Gasteiger partial charge is 0.0742 e. The van der Waals surface area contributed by atoms with Crippen molar-refractivity contribution in [1.82, 2.24) is 0 Å². The second-order valence-electron chi connectivity index (χ2n) is 23.7. The van der Waals surface area contributed by atoms with Crippen LogP contribution < -0.4 is 9.80 Å². The molecule has 0 bridgehead atoms. The van der Waals surface area contributed by atoms with E-state index < -0.39 is 10.8 Å². The number of nitrogens with zero attached hydrogens (tertiary/aromatic N) is 2. The molecule has 0 spiro atoms. The second-order valence-corrected chi connectivity index (χ2v) is 23.7. The summed E-state index contributed by atoms with van der Waals surface area (Å²) in [6.45, 7) is 18.3. The average molecular weight is 1030 g/mol. The van der Waals surface area contributed by atoms with Crippen molar-refractivity contribution in [2.24, 2.45) is 0 Å². The minimum absolute atomic E-state index is 0.374. The van der Waals surface area contributed by atoms with Crippen LogP contribution in [0.5, 0.6) is 0 Å². The van der Waals surface area contributed by atoms with Crippen molar-refractivity contribution >= 4 is 34.1 Å². The quantitative estimate of drug-likeness (QED) is 0.120. The molecule has 2 heterocycles. The van der Waals surface area contributed by atoms with Crippen molar-refractivity contribution in [2.75, 3.05) is 9.80 Å². The first-order chi connectivity index (χ1) is 38.5. The Morgan fingerprint density at radius 1 is 0.316 bits per heavy atom. The van der Waals surface area contributed by atoms with Crippen LogP contribution in [0.25, 0.3) is 11.1 Å². The van der Waals surface area contributed by atoms with E-state index in [4.69, 9.17) is 0 Å². The standard InChI is InChI=1S/C77H72N2/c1-9-11-17-55-31-43-61(44-32-55)78-71-21-15-13-19-65(71)76(57-35-23-51(3)24-36-57,58-37-25-52(4)26-38-58)69-47-63-64-48-70-74(50-68(64)75(7,8)67(63)49-73(69)78)79(62-45-33-56(34-46-62)18-12-10-2)72-22-16-14-20-66(72)77(70,59-39-27-53(5)28-40-59)60-41-29-54(6)30-42-60/h13-16,19-50H,9-12,17-18H2,1-8H3. The Bertz CT molecular complexity index is 3550. The zero-order chi connectivity index (χ0) is 54.2. The van der Waals surface area contributed by atoms with Crippen LogP contribution in [0.4, 0.5) is 34.1 Å². The Hall–Kier alpha value is -8.20. The molecule has 0 unspecified atom stereocenters. The van der Waals surface area contributed by atoms with Crippen molar-refractivity contribution in [2.45, 2.75) is 110 Å². The van der Waals surface area contributed by atoms with Gasteiger partial charge in [0.1, 0.15) is 0 Å². The van der Waals surface area contributed by atoms with E-state index >= 15 is 0 Å². The van der Waals surface area contributed by atoms with E-state index in [1.165, 1.54) is 160 Å². The molecule has 0 atom stereocenters. The molecule has 2 nitrogen and oxygen atoms in total. The third-order valence-electron chi connectivity index (χ3n) is 18.3. The van der Waals surface area contributed by atoms with Gasteiger partial charge >= 0.3 is 0 Å². The van der Waals surface area contributed by atoms with Gasteiger partial charge in [0.2, 0.25) is 0 Å². The molecule has 1 aliphatic carbocycles. The number of aryl methyl sites for hydroxylation is 6. The summed E-state index contributed by atoms with van der Waals surface area (Å²) < 4.78 is 0. The molecule has 2 heteroatoms. The number of hydrogen-bond donors (Lipinski definition) is 0. The molecule has 0 saturated carbocycles. The first-order valence-corrected chi connectivity index (χ1v) is 29.1. The Balaban J connectivity index is 1.15. The van der Waals surface area contributed by atoms with Gasteiger partial charge in [-0.15, -0.1) is 0 Å². The minimum atomic E-state index is -0.659. The number of para-hydroxylation sites is 2. The normalized spacial score (nSPS) is 14.9. The van der Waals surface area contributed by atoms with E-state index in [1.54, 1.807) is 0 Å². The summed E-state index contributed by atoms with van der Waals surface area (Å²) in [6, 6.07) is 85.6. The lowest BCUT2D eigenvalue weighted by Gasteiger charge is -2.47. The molecular formula is C77H72N2.